The average molecular weight is 341 g/mol. The fourth-order valence-electron chi connectivity index (χ4n) is 1.50. The van der Waals surface area contributed by atoms with E-state index in [0.717, 1.165) is 5.56 Å². The second-order valence-electron chi connectivity index (χ2n) is 3.79. The Bertz CT molecular complexity index is 654. The van der Waals surface area contributed by atoms with Crippen LogP contribution >= 0.6 is 27.5 Å². The van der Waals surface area contributed by atoms with Crippen molar-refractivity contribution >= 4 is 27.5 Å². The Morgan fingerprint density at radius 3 is 2.74 bits per heavy atom. The molecule has 0 aliphatic heterocycles. The van der Waals surface area contributed by atoms with Crippen molar-refractivity contribution in [3.05, 3.63) is 62.8 Å². The number of halogens is 3. The topological polar surface area (TPSA) is 33.0 Å². The van der Waals surface area contributed by atoms with Crippen LogP contribution in [0.25, 0.3) is 0 Å². The number of benzene rings is 2. The van der Waals surface area contributed by atoms with Gasteiger partial charge in [0.15, 0.2) is 0 Å². The minimum atomic E-state index is -0.329. The number of rotatable bonds is 3. The van der Waals surface area contributed by atoms with Crippen molar-refractivity contribution in [2.75, 3.05) is 0 Å². The van der Waals surface area contributed by atoms with E-state index < -0.39 is 0 Å². The predicted molar refractivity (Wildman–Crippen MR) is 74.6 cm³/mol. The smallest absolute Gasteiger partial charge is 0.139 e. The van der Waals surface area contributed by atoms with Crippen LogP contribution in [0.2, 0.25) is 5.02 Å². The van der Waals surface area contributed by atoms with E-state index in [-0.39, 0.29) is 12.4 Å². The van der Waals surface area contributed by atoms with Gasteiger partial charge in [-0.25, -0.2) is 4.39 Å². The van der Waals surface area contributed by atoms with Gasteiger partial charge in [0.25, 0.3) is 0 Å². The van der Waals surface area contributed by atoms with Crippen LogP contribution in [-0.2, 0) is 6.61 Å². The summed E-state index contributed by atoms with van der Waals surface area (Å²) in [5, 5.41) is 9.45. The molecule has 0 saturated heterocycles. The fourth-order valence-corrected chi connectivity index (χ4v) is 2.09. The van der Waals surface area contributed by atoms with Gasteiger partial charge in [0.1, 0.15) is 24.2 Å². The van der Waals surface area contributed by atoms with E-state index in [2.05, 4.69) is 15.9 Å². The second kappa shape index (κ2) is 6.05. The normalized spacial score (nSPS) is 10.0. The van der Waals surface area contributed by atoms with Gasteiger partial charge in [-0.2, -0.15) is 5.26 Å². The summed E-state index contributed by atoms with van der Waals surface area (Å²) in [6, 6.07) is 11.4. The van der Waals surface area contributed by atoms with Crippen molar-refractivity contribution in [3.8, 4) is 11.8 Å². The average Bonchev–Trinajstić information content (AvgIpc) is 2.40. The lowest BCUT2D eigenvalue weighted by molar-refractivity contribution is 0.305. The van der Waals surface area contributed by atoms with Crippen molar-refractivity contribution in [1.29, 1.82) is 5.26 Å². The SMILES string of the molecule is N#Cc1ccc(Cl)cc1OCc1ccc(F)c(Br)c1. The van der Waals surface area contributed by atoms with Crippen molar-refractivity contribution in [2.24, 2.45) is 0 Å². The molecule has 0 aliphatic rings. The van der Waals surface area contributed by atoms with Gasteiger partial charge in [-0.1, -0.05) is 17.7 Å². The molecule has 19 heavy (non-hydrogen) atoms. The molecule has 0 saturated carbocycles. The first-order chi connectivity index (χ1) is 9.10. The molecule has 0 heterocycles. The maximum absolute atomic E-state index is 13.1. The highest BCUT2D eigenvalue weighted by Crippen LogP contribution is 2.24. The maximum atomic E-state index is 13.1. The molecular weight excluding hydrogens is 333 g/mol. The van der Waals surface area contributed by atoms with Crippen LogP contribution in [0.3, 0.4) is 0 Å². The zero-order valence-electron chi connectivity index (χ0n) is 9.66. The van der Waals surface area contributed by atoms with Crippen LogP contribution < -0.4 is 4.74 Å². The summed E-state index contributed by atoms with van der Waals surface area (Å²) in [6.45, 7) is 0.230. The van der Waals surface area contributed by atoms with Gasteiger partial charge in [0.05, 0.1) is 10.0 Å². The van der Waals surface area contributed by atoms with Gasteiger partial charge < -0.3 is 4.74 Å². The number of nitrogens with zero attached hydrogens (tertiary/aromatic N) is 1. The third-order valence-electron chi connectivity index (χ3n) is 2.44. The lowest BCUT2D eigenvalue weighted by atomic mass is 10.2. The molecule has 0 atom stereocenters. The Balaban J connectivity index is 2.16. The lowest BCUT2D eigenvalue weighted by Crippen LogP contribution is -1.98. The second-order valence-corrected chi connectivity index (χ2v) is 5.08. The Morgan fingerprint density at radius 1 is 1.26 bits per heavy atom. The van der Waals surface area contributed by atoms with E-state index in [0.29, 0.717) is 20.8 Å². The van der Waals surface area contributed by atoms with Crippen molar-refractivity contribution < 1.29 is 9.13 Å². The summed E-state index contributed by atoms with van der Waals surface area (Å²) in [5.41, 5.74) is 1.20. The molecule has 5 heteroatoms. The molecule has 0 amide bonds. The van der Waals surface area contributed by atoms with Gasteiger partial charge in [-0.3, -0.25) is 0 Å². The largest absolute Gasteiger partial charge is 0.487 e. The summed E-state index contributed by atoms with van der Waals surface area (Å²) < 4.78 is 19.0. The molecular formula is C14H8BrClFNO. The molecule has 0 unspecified atom stereocenters. The summed E-state index contributed by atoms with van der Waals surface area (Å²) in [6.07, 6.45) is 0. The molecule has 0 spiro atoms. The number of hydrogen-bond donors (Lipinski definition) is 0. The van der Waals surface area contributed by atoms with Crippen LogP contribution in [0.15, 0.2) is 40.9 Å². The third-order valence-corrected chi connectivity index (χ3v) is 3.29. The first-order valence-electron chi connectivity index (χ1n) is 5.36. The molecule has 0 radical (unpaired) electrons. The molecule has 96 valence electrons. The number of hydrogen-bond acceptors (Lipinski definition) is 2. The predicted octanol–water partition coefficient (Wildman–Crippen LogP) is 4.69. The van der Waals surface area contributed by atoms with Gasteiger partial charge in [-0.05, 0) is 45.8 Å². The molecule has 2 nitrogen and oxygen atoms in total. The zero-order valence-corrected chi connectivity index (χ0v) is 12.0. The van der Waals surface area contributed by atoms with Gasteiger partial charge in [0, 0.05) is 11.1 Å². The molecule has 0 N–H and O–H groups in total. The zero-order chi connectivity index (χ0) is 13.8. The minimum absolute atomic E-state index is 0.230. The Hall–Kier alpha value is -1.57. The summed E-state index contributed by atoms with van der Waals surface area (Å²) in [7, 11) is 0. The maximum Gasteiger partial charge on any atom is 0.139 e. The third kappa shape index (κ3) is 3.46. The van der Waals surface area contributed by atoms with E-state index in [1.54, 1.807) is 30.3 Å². The van der Waals surface area contributed by atoms with Gasteiger partial charge >= 0.3 is 0 Å². The molecule has 0 aliphatic carbocycles. The van der Waals surface area contributed by atoms with Gasteiger partial charge in [-0.15, -0.1) is 0 Å². The molecule has 2 aromatic carbocycles. The molecule has 0 fully saturated rings. The standard InChI is InChI=1S/C14H8BrClFNO/c15-12-5-9(1-4-13(12)17)8-19-14-6-11(16)3-2-10(14)7-18/h1-6H,8H2. The molecule has 0 aromatic heterocycles. The van der Waals surface area contributed by atoms with Crippen LogP contribution in [0.1, 0.15) is 11.1 Å². The first kappa shape index (κ1) is 13.9. The van der Waals surface area contributed by atoms with Crippen LogP contribution in [0.5, 0.6) is 5.75 Å². The van der Waals surface area contributed by atoms with E-state index in [1.165, 1.54) is 6.07 Å². The lowest BCUT2D eigenvalue weighted by Gasteiger charge is -2.08. The van der Waals surface area contributed by atoms with Crippen LogP contribution in [0.4, 0.5) is 4.39 Å². The Labute approximate surface area is 123 Å². The highest BCUT2D eigenvalue weighted by Gasteiger charge is 2.06. The van der Waals surface area contributed by atoms with Crippen molar-refractivity contribution in [2.45, 2.75) is 6.61 Å². The van der Waals surface area contributed by atoms with E-state index >= 15 is 0 Å². The highest BCUT2D eigenvalue weighted by molar-refractivity contribution is 9.10. The quantitative estimate of drug-likeness (QED) is 0.812. The molecule has 0 bridgehead atoms. The molecule has 2 aromatic rings. The molecule has 2 rings (SSSR count). The van der Waals surface area contributed by atoms with E-state index in [1.807, 2.05) is 6.07 Å². The Morgan fingerprint density at radius 2 is 2.05 bits per heavy atom. The highest BCUT2D eigenvalue weighted by atomic mass is 79.9. The number of nitriles is 1. The van der Waals surface area contributed by atoms with E-state index in [4.69, 9.17) is 21.6 Å². The summed E-state index contributed by atoms with van der Waals surface area (Å²) >= 11 is 8.96. The number of ether oxygens (including phenoxy) is 1. The monoisotopic (exact) mass is 339 g/mol. The first-order valence-corrected chi connectivity index (χ1v) is 6.53. The van der Waals surface area contributed by atoms with Gasteiger partial charge in [0.2, 0.25) is 0 Å². The van der Waals surface area contributed by atoms with Crippen LogP contribution in [0, 0.1) is 17.1 Å². The minimum Gasteiger partial charge on any atom is -0.487 e. The summed E-state index contributed by atoms with van der Waals surface area (Å²) in [4.78, 5) is 0. The fraction of sp³-hybridized carbons (Fsp3) is 0.0714. The Kier molecular flexibility index (Phi) is 4.41. The summed E-state index contributed by atoms with van der Waals surface area (Å²) in [5.74, 6) is 0.0830. The van der Waals surface area contributed by atoms with E-state index in [9.17, 15) is 4.39 Å². The van der Waals surface area contributed by atoms with Crippen molar-refractivity contribution in [3.63, 3.8) is 0 Å². The van der Waals surface area contributed by atoms with Crippen molar-refractivity contribution in [1.82, 2.24) is 0 Å². The van der Waals surface area contributed by atoms with Crippen LogP contribution in [-0.4, -0.2) is 0 Å².